The van der Waals surface area contributed by atoms with Gasteiger partial charge in [0.2, 0.25) is 5.91 Å². The van der Waals surface area contributed by atoms with E-state index in [0.717, 1.165) is 5.56 Å². The van der Waals surface area contributed by atoms with Gasteiger partial charge in [-0.3, -0.25) is 9.59 Å². The highest BCUT2D eigenvalue weighted by molar-refractivity contribution is 5.94. The predicted molar refractivity (Wildman–Crippen MR) is 74.7 cm³/mol. The molecular formula is C15H19NO4. The van der Waals surface area contributed by atoms with E-state index in [1.54, 1.807) is 26.0 Å². The lowest BCUT2D eigenvalue weighted by Crippen LogP contribution is -2.22. The van der Waals surface area contributed by atoms with E-state index in [4.69, 9.17) is 5.11 Å². The minimum Gasteiger partial charge on any atom is -0.507 e. The number of benzene rings is 1. The summed E-state index contributed by atoms with van der Waals surface area (Å²) in [6.07, 6.45) is 1.53. The number of aryl methyl sites for hydroxylation is 1. The number of carboxylic acid groups (broad SMARTS) is 1. The minimum atomic E-state index is -0.829. The number of aromatic hydroxyl groups is 1. The Morgan fingerprint density at radius 2 is 1.85 bits per heavy atom. The molecule has 3 N–H and O–H groups in total. The van der Waals surface area contributed by atoms with E-state index in [9.17, 15) is 14.7 Å². The van der Waals surface area contributed by atoms with E-state index < -0.39 is 11.9 Å². The van der Waals surface area contributed by atoms with Crippen LogP contribution >= 0.6 is 0 Å². The van der Waals surface area contributed by atoms with E-state index in [-0.39, 0.29) is 17.6 Å². The molecule has 5 heteroatoms. The third-order valence-corrected chi connectivity index (χ3v) is 4.04. The van der Waals surface area contributed by atoms with Crippen LogP contribution in [0.1, 0.15) is 30.4 Å². The molecule has 1 fully saturated rings. The molecule has 5 nitrogen and oxygen atoms in total. The van der Waals surface area contributed by atoms with Gasteiger partial charge in [-0.2, -0.15) is 0 Å². The van der Waals surface area contributed by atoms with E-state index >= 15 is 0 Å². The first-order valence-corrected chi connectivity index (χ1v) is 6.73. The van der Waals surface area contributed by atoms with Crippen molar-refractivity contribution in [2.75, 3.05) is 5.32 Å². The maximum Gasteiger partial charge on any atom is 0.306 e. The van der Waals surface area contributed by atoms with Crippen LogP contribution in [0.3, 0.4) is 0 Å². The number of hydrogen-bond acceptors (Lipinski definition) is 3. The number of phenols is 1. The lowest BCUT2D eigenvalue weighted by molar-refractivity contribution is -0.141. The van der Waals surface area contributed by atoms with Gasteiger partial charge in [0, 0.05) is 17.2 Å². The largest absolute Gasteiger partial charge is 0.507 e. The molecule has 1 amide bonds. The highest BCUT2D eigenvalue weighted by Gasteiger charge is 2.33. The SMILES string of the molecule is Cc1ccc(NC(=O)[C@@H]2CC[C@H](C(=O)O)C2)c(C)c1O. The third-order valence-electron chi connectivity index (χ3n) is 4.04. The molecule has 2 rings (SSSR count). The Balaban J connectivity index is 2.06. The Morgan fingerprint density at radius 1 is 1.20 bits per heavy atom. The van der Waals surface area contributed by atoms with Gasteiger partial charge < -0.3 is 15.5 Å². The molecule has 1 aromatic rings. The third kappa shape index (κ3) is 2.76. The van der Waals surface area contributed by atoms with Crippen molar-refractivity contribution in [1.82, 2.24) is 0 Å². The summed E-state index contributed by atoms with van der Waals surface area (Å²) in [6.45, 7) is 3.54. The van der Waals surface area contributed by atoms with Crippen LogP contribution in [0.4, 0.5) is 5.69 Å². The molecular weight excluding hydrogens is 258 g/mol. The van der Waals surface area contributed by atoms with Gasteiger partial charge in [-0.25, -0.2) is 0 Å². The quantitative estimate of drug-likeness (QED) is 0.792. The molecule has 0 aromatic heterocycles. The summed E-state index contributed by atoms with van der Waals surface area (Å²) in [7, 11) is 0. The van der Waals surface area contributed by atoms with Crippen LogP contribution in [-0.2, 0) is 9.59 Å². The molecule has 1 aliphatic rings. The van der Waals surface area contributed by atoms with Gasteiger partial charge in [-0.15, -0.1) is 0 Å². The first kappa shape index (κ1) is 14.4. The van der Waals surface area contributed by atoms with Crippen LogP contribution in [0.15, 0.2) is 12.1 Å². The van der Waals surface area contributed by atoms with Crippen molar-refractivity contribution in [3.05, 3.63) is 23.3 Å². The van der Waals surface area contributed by atoms with Crippen LogP contribution in [0, 0.1) is 25.7 Å². The van der Waals surface area contributed by atoms with Gasteiger partial charge in [0.25, 0.3) is 0 Å². The van der Waals surface area contributed by atoms with Crippen molar-refractivity contribution >= 4 is 17.6 Å². The smallest absolute Gasteiger partial charge is 0.306 e. The number of nitrogens with one attached hydrogen (secondary N) is 1. The van der Waals surface area contributed by atoms with Gasteiger partial charge in [0.15, 0.2) is 0 Å². The second-order valence-corrected chi connectivity index (χ2v) is 5.44. The summed E-state index contributed by atoms with van der Waals surface area (Å²) in [6, 6.07) is 3.50. The molecule has 1 aromatic carbocycles. The minimum absolute atomic E-state index is 0.167. The normalized spacial score (nSPS) is 21.7. The fourth-order valence-electron chi connectivity index (χ4n) is 2.65. The topological polar surface area (TPSA) is 86.6 Å². The molecule has 1 saturated carbocycles. The van der Waals surface area contributed by atoms with Crippen molar-refractivity contribution in [1.29, 1.82) is 0 Å². The van der Waals surface area contributed by atoms with E-state index in [0.29, 0.717) is 30.5 Å². The van der Waals surface area contributed by atoms with Gasteiger partial charge in [-0.05, 0) is 44.7 Å². The van der Waals surface area contributed by atoms with E-state index in [1.165, 1.54) is 0 Å². The van der Waals surface area contributed by atoms with Crippen LogP contribution in [0.2, 0.25) is 0 Å². The summed E-state index contributed by atoms with van der Waals surface area (Å²) in [4.78, 5) is 23.0. The maximum atomic E-state index is 12.1. The Bertz CT molecular complexity index is 553. The summed E-state index contributed by atoms with van der Waals surface area (Å²) in [5.41, 5.74) is 1.97. The molecule has 0 saturated heterocycles. The summed E-state index contributed by atoms with van der Waals surface area (Å²) in [5, 5.41) is 21.6. The van der Waals surface area contributed by atoms with E-state index in [1.807, 2.05) is 0 Å². The van der Waals surface area contributed by atoms with Crippen molar-refractivity contribution in [3.63, 3.8) is 0 Å². The first-order valence-electron chi connectivity index (χ1n) is 6.73. The van der Waals surface area contributed by atoms with Gasteiger partial charge in [0.1, 0.15) is 5.75 Å². The zero-order valence-electron chi connectivity index (χ0n) is 11.6. The molecule has 0 unspecified atom stereocenters. The zero-order chi connectivity index (χ0) is 14.9. The van der Waals surface area contributed by atoms with Crippen molar-refractivity contribution < 1.29 is 19.8 Å². The van der Waals surface area contributed by atoms with Gasteiger partial charge in [-0.1, -0.05) is 6.07 Å². The lowest BCUT2D eigenvalue weighted by Gasteiger charge is -2.14. The lowest BCUT2D eigenvalue weighted by atomic mass is 10.0. The number of carbonyl (C=O) groups is 2. The highest BCUT2D eigenvalue weighted by Crippen LogP contribution is 2.33. The number of phenolic OH excluding ortho intramolecular Hbond substituents is 1. The second-order valence-electron chi connectivity index (χ2n) is 5.44. The molecule has 20 heavy (non-hydrogen) atoms. The molecule has 0 radical (unpaired) electrons. The Hall–Kier alpha value is -2.04. The van der Waals surface area contributed by atoms with Gasteiger partial charge >= 0.3 is 5.97 Å². The fraction of sp³-hybridized carbons (Fsp3) is 0.467. The number of hydrogen-bond donors (Lipinski definition) is 3. The van der Waals surface area contributed by atoms with E-state index in [2.05, 4.69) is 5.32 Å². The summed E-state index contributed by atoms with van der Waals surface area (Å²) in [5.74, 6) is -1.50. The highest BCUT2D eigenvalue weighted by atomic mass is 16.4. The average Bonchev–Trinajstić information content (AvgIpc) is 2.89. The van der Waals surface area contributed by atoms with Gasteiger partial charge in [0.05, 0.1) is 5.92 Å². The monoisotopic (exact) mass is 277 g/mol. The van der Waals surface area contributed by atoms with Crippen LogP contribution in [-0.4, -0.2) is 22.1 Å². The van der Waals surface area contributed by atoms with Crippen LogP contribution in [0.5, 0.6) is 5.75 Å². The molecule has 2 atom stereocenters. The van der Waals surface area contributed by atoms with Crippen molar-refractivity contribution in [3.8, 4) is 5.75 Å². The molecule has 108 valence electrons. The molecule has 0 spiro atoms. The number of aliphatic carboxylic acids is 1. The van der Waals surface area contributed by atoms with Crippen molar-refractivity contribution in [2.24, 2.45) is 11.8 Å². The number of rotatable bonds is 3. The molecule has 1 aliphatic carbocycles. The summed E-state index contributed by atoms with van der Waals surface area (Å²) < 4.78 is 0. The van der Waals surface area contributed by atoms with Crippen LogP contribution in [0.25, 0.3) is 0 Å². The second kappa shape index (κ2) is 5.53. The first-order chi connectivity index (χ1) is 9.40. The fourth-order valence-corrected chi connectivity index (χ4v) is 2.65. The Labute approximate surface area is 117 Å². The van der Waals surface area contributed by atoms with Crippen LogP contribution < -0.4 is 5.32 Å². The molecule has 0 aliphatic heterocycles. The Morgan fingerprint density at radius 3 is 2.45 bits per heavy atom. The zero-order valence-corrected chi connectivity index (χ0v) is 11.6. The number of anilines is 1. The predicted octanol–water partition coefficient (Wildman–Crippen LogP) is 2.45. The average molecular weight is 277 g/mol. The number of carboxylic acids is 1. The molecule has 0 bridgehead atoms. The number of carbonyl (C=O) groups excluding carboxylic acids is 1. The number of amides is 1. The maximum absolute atomic E-state index is 12.1. The molecule has 0 heterocycles. The summed E-state index contributed by atoms with van der Waals surface area (Å²) >= 11 is 0. The standard InChI is InChI=1S/C15H19NO4/c1-8-3-6-12(9(2)13(8)17)16-14(18)10-4-5-11(7-10)15(19)20/h3,6,10-11,17H,4-5,7H2,1-2H3,(H,16,18)(H,19,20)/t10-,11+/m1/s1. The Kier molecular flexibility index (Phi) is 3.97. The van der Waals surface area contributed by atoms with Crippen molar-refractivity contribution in [2.45, 2.75) is 33.1 Å².